The number of hydrogen-bond donors (Lipinski definition) is 1. The second-order valence-corrected chi connectivity index (χ2v) is 10.3. The van der Waals surface area contributed by atoms with Crippen molar-refractivity contribution in [2.75, 3.05) is 24.2 Å². The van der Waals surface area contributed by atoms with Crippen molar-refractivity contribution in [3.8, 4) is 11.4 Å². The van der Waals surface area contributed by atoms with E-state index >= 15 is 0 Å². The number of rotatable bonds is 6. The summed E-state index contributed by atoms with van der Waals surface area (Å²) in [6.07, 6.45) is 0.823. The molecule has 184 valence electrons. The Balaban J connectivity index is 1.70. The fourth-order valence-corrected chi connectivity index (χ4v) is 4.64. The van der Waals surface area contributed by atoms with E-state index in [1.165, 1.54) is 36.1 Å². The Morgan fingerprint density at radius 1 is 1.21 bits per heavy atom. The minimum atomic E-state index is -3.66. The third-order valence-corrected chi connectivity index (χ3v) is 6.77. The summed E-state index contributed by atoms with van der Waals surface area (Å²) in [6, 6.07) is 3.38. The molecule has 3 aromatic rings. The summed E-state index contributed by atoms with van der Waals surface area (Å²) in [4.78, 5) is 14.3. The van der Waals surface area contributed by atoms with Gasteiger partial charge >= 0.3 is 0 Å². The molecule has 0 radical (unpaired) electrons. The lowest BCUT2D eigenvalue weighted by molar-refractivity contribution is -0.120. The molecule has 0 aromatic carbocycles. The third-order valence-electron chi connectivity index (χ3n) is 6.08. The van der Waals surface area contributed by atoms with E-state index < -0.39 is 52.5 Å². The molecule has 0 spiro atoms. The largest absolute Gasteiger partial charge is 0.353 e. The van der Waals surface area contributed by atoms with Crippen LogP contribution >= 0.6 is 0 Å². The number of fused-ring (bicyclic) bond motifs is 1. The number of nitrogens with one attached hydrogen (secondary N) is 1. The Morgan fingerprint density at radius 3 is 2.62 bits per heavy atom. The Kier molecular flexibility index (Phi) is 6.23. The number of anilines is 1. The van der Waals surface area contributed by atoms with Gasteiger partial charge in [0.05, 0.1) is 24.1 Å². The minimum Gasteiger partial charge on any atom is -0.353 e. The van der Waals surface area contributed by atoms with E-state index in [1.807, 2.05) is 0 Å². The lowest BCUT2D eigenvalue weighted by Crippen LogP contribution is -2.60. The van der Waals surface area contributed by atoms with Gasteiger partial charge in [0.25, 0.3) is 12.3 Å². The topological polar surface area (TPSA) is 105 Å². The number of hydrogen-bond acceptors (Lipinski definition) is 7. The number of piperidine rings is 1. The van der Waals surface area contributed by atoms with E-state index in [1.54, 1.807) is 17.9 Å². The molecule has 1 saturated heterocycles. The Hall–Kier alpha value is -2.87. The van der Waals surface area contributed by atoms with Crippen molar-refractivity contribution in [2.45, 2.75) is 32.2 Å². The van der Waals surface area contributed by atoms with Crippen molar-refractivity contribution in [3.05, 3.63) is 36.4 Å². The van der Waals surface area contributed by atoms with Crippen molar-refractivity contribution in [1.29, 1.82) is 0 Å². The second-order valence-electron chi connectivity index (χ2n) is 8.43. The fraction of sp³-hybridized carbons (Fsp3) is 0.500. The molecule has 0 saturated carbocycles. The molecule has 14 heteroatoms. The van der Waals surface area contributed by atoms with Crippen LogP contribution in [0.1, 0.15) is 26.0 Å². The lowest BCUT2D eigenvalue weighted by atomic mass is 9.80. The van der Waals surface area contributed by atoms with Gasteiger partial charge in [0.2, 0.25) is 10.0 Å². The normalized spacial score (nSPS) is 23.1. The number of halogens is 4. The van der Waals surface area contributed by atoms with Crippen molar-refractivity contribution in [3.63, 3.8) is 0 Å². The zero-order valence-corrected chi connectivity index (χ0v) is 19.3. The molecule has 1 aliphatic heterocycles. The third kappa shape index (κ3) is 4.56. The lowest BCUT2D eigenvalue weighted by Gasteiger charge is -2.47. The first-order valence-electron chi connectivity index (χ1n) is 10.4. The van der Waals surface area contributed by atoms with Crippen molar-refractivity contribution in [1.82, 2.24) is 29.3 Å². The second kappa shape index (κ2) is 8.73. The molecule has 0 amide bonds. The van der Waals surface area contributed by atoms with Crippen LogP contribution in [0.15, 0.2) is 30.7 Å². The highest BCUT2D eigenvalue weighted by Crippen LogP contribution is 2.42. The molecule has 4 heterocycles. The smallest absolute Gasteiger partial charge is 0.282 e. The Bertz CT molecular complexity index is 1300. The summed E-state index contributed by atoms with van der Waals surface area (Å²) < 4.78 is 82.7. The van der Waals surface area contributed by atoms with Crippen molar-refractivity contribution in [2.24, 2.45) is 11.8 Å². The first-order valence-corrected chi connectivity index (χ1v) is 12.3. The van der Waals surface area contributed by atoms with Crippen LogP contribution in [0.25, 0.3) is 17.0 Å². The summed E-state index contributed by atoms with van der Waals surface area (Å²) in [7, 11) is -3.66. The molecule has 0 aliphatic carbocycles. The van der Waals surface area contributed by atoms with Crippen molar-refractivity contribution >= 4 is 21.5 Å². The van der Waals surface area contributed by atoms with Crippen LogP contribution < -0.4 is 9.62 Å². The highest BCUT2D eigenvalue weighted by atomic mass is 32.2. The van der Waals surface area contributed by atoms with Crippen LogP contribution in [0.4, 0.5) is 23.4 Å². The molecule has 4 rings (SSSR count). The molecule has 9 nitrogen and oxygen atoms in total. The van der Waals surface area contributed by atoms with E-state index in [9.17, 15) is 26.0 Å². The highest BCUT2D eigenvalue weighted by molar-refractivity contribution is 7.88. The predicted molar refractivity (Wildman–Crippen MR) is 116 cm³/mol. The Morgan fingerprint density at radius 2 is 1.94 bits per heavy atom. The number of alkyl halides is 4. The minimum absolute atomic E-state index is 0.0269. The summed E-state index contributed by atoms with van der Waals surface area (Å²) in [5, 5.41) is 3.92. The van der Waals surface area contributed by atoms with E-state index in [0.29, 0.717) is 22.9 Å². The van der Waals surface area contributed by atoms with E-state index in [-0.39, 0.29) is 6.54 Å². The molecule has 34 heavy (non-hydrogen) atoms. The van der Waals surface area contributed by atoms with Gasteiger partial charge in [-0.3, -0.25) is 0 Å². The van der Waals surface area contributed by atoms with Gasteiger partial charge in [0.15, 0.2) is 5.65 Å². The van der Waals surface area contributed by atoms with Crippen LogP contribution in [-0.4, -0.2) is 64.3 Å². The zero-order valence-electron chi connectivity index (χ0n) is 18.5. The van der Waals surface area contributed by atoms with Crippen LogP contribution in [0.5, 0.6) is 0 Å². The van der Waals surface area contributed by atoms with Crippen LogP contribution in [0.2, 0.25) is 0 Å². The van der Waals surface area contributed by atoms with Gasteiger partial charge in [-0.25, -0.2) is 50.2 Å². The van der Waals surface area contributed by atoms with Gasteiger partial charge in [-0.15, -0.1) is 0 Å². The summed E-state index contributed by atoms with van der Waals surface area (Å²) in [5.41, 5.74) is 0.563. The summed E-state index contributed by atoms with van der Waals surface area (Å²) in [6.45, 7) is 2.52. The van der Waals surface area contributed by atoms with Crippen LogP contribution in [0.3, 0.4) is 0 Å². The number of sulfonamides is 1. The molecule has 1 aliphatic rings. The first kappa shape index (κ1) is 24.3. The van der Waals surface area contributed by atoms with Gasteiger partial charge in [0, 0.05) is 31.1 Å². The highest BCUT2D eigenvalue weighted by Gasteiger charge is 2.53. The van der Waals surface area contributed by atoms with Crippen LogP contribution in [-0.2, 0) is 10.0 Å². The molecule has 1 N–H and O–H groups in total. The predicted octanol–water partition coefficient (Wildman–Crippen LogP) is 2.77. The average Bonchev–Trinajstić information content (AvgIpc) is 3.18. The molecular weight excluding hydrogens is 478 g/mol. The fourth-order valence-electron chi connectivity index (χ4n) is 4.16. The first-order chi connectivity index (χ1) is 15.9. The summed E-state index contributed by atoms with van der Waals surface area (Å²) >= 11 is 0. The SMILES string of the molecule is C[C@H]1[C@@H](CNS(C)(=O)=O)C(F)(F)[C@@H](C)CN1c1cc(-c2cnc3ccc(C(F)F)nn23)ncn1. The monoisotopic (exact) mass is 501 g/mol. The van der Waals surface area contributed by atoms with Gasteiger partial charge in [-0.05, 0) is 19.1 Å². The maximum atomic E-state index is 15.0. The zero-order chi connectivity index (χ0) is 24.8. The molecule has 3 atom stereocenters. The summed E-state index contributed by atoms with van der Waals surface area (Å²) in [5.74, 6) is -5.17. The molecule has 3 aromatic heterocycles. The maximum absolute atomic E-state index is 15.0. The number of aromatic nitrogens is 5. The van der Waals surface area contributed by atoms with E-state index in [4.69, 9.17) is 0 Å². The van der Waals surface area contributed by atoms with Gasteiger partial charge in [-0.1, -0.05) is 6.92 Å². The molecular formula is C20H23F4N7O2S. The quantitative estimate of drug-likeness (QED) is 0.518. The Labute approximate surface area is 193 Å². The number of imidazole rings is 1. The van der Waals surface area contributed by atoms with Crippen molar-refractivity contribution < 1.29 is 26.0 Å². The molecule has 0 unspecified atom stereocenters. The van der Waals surface area contributed by atoms with Gasteiger partial charge in [-0.2, -0.15) is 5.10 Å². The average molecular weight is 502 g/mol. The van der Waals surface area contributed by atoms with Crippen LogP contribution in [0, 0.1) is 11.8 Å². The van der Waals surface area contributed by atoms with E-state index in [2.05, 4.69) is 24.8 Å². The molecule has 1 fully saturated rings. The van der Waals surface area contributed by atoms with E-state index in [0.717, 1.165) is 6.26 Å². The standard InChI is InChI=1S/C20H23F4N7O2S/c1-11-9-30(12(2)13(20(11,23)24)7-28-34(3,32)33)18-6-15(26-10-27-18)16-8-25-17-5-4-14(19(21)22)29-31(16)17/h4-6,8,10-13,19,28H,7,9H2,1-3H3/t11-,12-,13+/m0/s1. The van der Waals surface area contributed by atoms with Gasteiger partial charge in [0.1, 0.15) is 23.5 Å². The molecule has 0 bridgehead atoms. The van der Waals surface area contributed by atoms with Gasteiger partial charge < -0.3 is 4.90 Å². The maximum Gasteiger partial charge on any atom is 0.282 e. The number of nitrogens with zero attached hydrogens (tertiary/aromatic N) is 6.